The third-order valence-corrected chi connectivity index (χ3v) is 2.30. The zero-order chi connectivity index (χ0) is 10.1. The molecule has 2 heteroatoms. The van der Waals surface area contributed by atoms with Gasteiger partial charge in [0.05, 0.1) is 6.61 Å². The fourth-order valence-corrected chi connectivity index (χ4v) is 0.971. The highest BCUT2D eigenvalue weighted by molar-refractivity contribution is 5.69. The van der Waals surface area contributed by atoms with E-state index in [2.05, 4.69) is 20.8 Å². The summed E-state index contributed by atoms with van der Waals surface area (Å²) in [5.74, 6) is 0.604. The minimum absolute atomic E-state index is 0.0336. The summed E-state index contributed by atoms with van der Waals surface area (Å²) >= 11 is 0. The second-order valence-corrected chi connectivity index (χ2v) is 3.63. The molecule has 0 aliphatic carbocycles. The van der Waals surface area contributed by atoms with E-state index in [1.807, 2.05) is 0 Å². The van der Waals surface area contributed by atoms with Crippen LogP contribution in [0.3, 0.4) is 0 Å². The molecule has 0 saturated carbocycles. The Labute approximate surface area is 81.7 Å². The highest BCUT2D eigenvalue weighted by Crippen LogP contribution is 2.09. The Morgan fingerprint density at radius 1 is 1.38 bits per heavy atom. The van der Waals surface area contributed by atoms with E-state index in [1.165, 1.54) is 0 Å². The number of ether oxygens (including phenoxy) is 1. The van der Waals surface area contributed by atoms with E-state index in [0.29, 0.717) is 18.9 Å². The maximum Gasteiger partial charge on any atom is 0.305 e. The summed E-state index contributed by atoms with van der Waals surface area (Å²) < 4.78 is 5.04. The summed E-state index contributed by atoms with van der Waals surface area (Å²) in [5.41, 5.74) is 0. The van der Waals surface area contributed by atoms with Crippen LogP contribution in [-0.4, -0.2) is 12.6 Å². The maximum absolute atomic E-state index is 11.1. The Kier molecular flexibility index (Phi) is 7.76. The van der Waals surface area contributed by atoms with E-state index in [9.17, 15) is 4.79 Å². The lowest BCUT2D eigenvalue weighted by atomic mass is 10.0. The van der Waals surface area contributed by atoms with Crippen LogP contribution in [0.2, 0.25) is 0 Å². The standard InChI is InChI=1S/C11H22O2/c1-4-6-9-13-11(12)8-7-10(3)5-2/h10H,4-9H2,1-3H3. The van der Waals surface area contributed by atoms with Crippen molar-refractivity contribution in [3.63, 3.8) is 0 Å². The van der Waals surface area contributed by atoms with Crippen LogP contribution in [-0.2, 0) is 9.53 Å². The van der Waals surface area contributed by atoms with Gasteiger partial charge >= 0.3 is 5.97 Å². The van der Waals surface area contributed by atoms with Crippen LogP contribution in [0.15, 0.2) is 0 Å². The van der Waals surface area contributed by atoms with Gasteiger partial charge in [-0.05, 0) is 18.8 Å². The quantitative estimate of drug-likeness (QED) is 0.451. The molecule has 2 nitrogen and oxygen atoms in total. The van der Waals surface area contributed by atoms with Gasteiger partial charge in [0.25, 0.3) is 0 Å². The minimum atomic E-state index is -0.0336. The molecule has 0 aromatic carbocycles. The van der Waals surface area contributed by atoms with Crippen LogP contribution in [0.5, 0.6) is 0 Å². The minimum Gasteiger partial charge on any atom is -0.466 e. The molecule has 13 heavy (non-hydrogen) atoms. The summed E-state index contributed by atoms with van der Waals surface area (Å²) in [6.45, 7) is 7.00. The second-order valence-electron chi connectivity index (χ2n) is 3.63. The Hall–Kier alpha value is -0.530. The lowest BCUT2D eigenvalue weighted by Gasteiger charge is -2.07. The SMILES string of the molecule is CCCCOC(=O)CCC(C)CC. The molecule has 0 saturated heterocycles. The van der Waals surface area contributed by atoms with Crippen LogP contribution >= 0.6 is 0 Å². The number of unbranched alkanes of at least 4 members (excludes halogenated alkanes) is 1. The average molecular weight is 186 g/mol. The number of hydrogen-bond acceptors (Lipinski definition) is 2. The van der Waals surface area contributed by atoms with Crippen molar-refractivity contribution in [3.8, 4) is 0 Å². The summed E-state index contributed by atoms with van der Waals surface area (Å²) in [6.07, 6.45) is 4.75. The van der Waals surface area contributed by atoms with Gasteiger partial charge in [-0.15, -0.1) is 0 Å². The highest BCUT2D eigenvalue weighted by Gasteiger charge is 2.05. The lowest BCUT2D eigenvalue weighted by molar-refractivity contribution is -0.144. The van der Waals surface area contributed by atoms with Gasteiger partial charge in [-0.3, -0.25) is 4.79 Å². The molecule has 0 bridgehead atoms. The van der Waals surface area contributed by atoms with Crippen molar-refractivity contribution in [3.05, 3.63) is 0 Å². The Morgan fingerprint density at radius 2 is 2.08 bits per heavy atom. The molecule has 0 spiro atoms. The predicted molar refractivity (Wildman–Crippen MR) is 54.6 cm³/mol. The van der Waals surface area contributed by atoms with Gasteiger partial charge < -0.3 is 4.74 Å². The van der Waals surface area contributed by atoms with Crippen LogP contribution in [0.4, 0.5) is 0 Å². The monoisotopic (exact) mass is 186 g/mol. The molecule has 0 rings (SSSR count). The molecule has 0 aromatic heterocycles. The summed E-state index contributed by atoms with van der Waals surface area (Å²) in [7, 11) is 0. The molecule has 0 aliphatic rings. The molecule has 1 atom stereocenters. The van der Waals surface area contributed by atoms with E-state index in [0.717, 1.165) is 25.7 Å². The van der Waals surface area contributed by atoms with Gasteiger partial charge in [0.1, 0.15) is 0 Å². The number of hydrogen-bond donors (Lipinski definition) is 0. The van der Waals surface area contributed by atoms with Crippen molar-refractivity contribution in [1.82, 2.24) is 0 Å². The first kappa shape index (κ1) is 12.5. The number of carbonyl (C=O) groups excluding carboxylic acids is 1. The molecule has 0 radical (unpaired) electrons. The zero-order valence-electron chi connectivity index (χ0n) is 9.14. The molecule has 0 N–H and O–H groups in total. The summed E-state index contributed by atoms with van der Waals surface area (Å²) in [5, 5.41) is 0. The molecular weight excluding hydrogens is 164 g/mol. The van der Waals surface area contributed by atoms with E-state index in [-0.39, 0.29) is 5.97 Å². The fourth-order valence-electron chi connectivity index (χ4n) is 0.971. The van der Waals surface area contributed by atoms with Crippen molar-refractivity contribution in [2.24, 2.45) is 5.92 Å². The Morgan fingerprint density at radius 3 is 2.62 bits per heavy atom. The lowest BCUT2D eigenvalue weighted by Crippen LogP contribution is -2.07. The first-order valence-corrected chi connectivity index (χ1v) is 5.36. The molecule has 0 aliphatic heterocycles. The summed E-state index contributed by atoms with van der Waals surface area (Å²) in [4.78, 5) is 11.1. The van der Waals surface area contributed by atoms with Crippen LogP contribution < -0.4 is 0 Å². The van der Waals surface area contributed by atoms with Gasteiger partial charge in [-0.1, -0.05) is 33.6 Å². The highest BCUT2D eigenvalue weighted by atomic mass is 16.5. The van der Waals surface area contributed by atoms with Crippen LogP contribution in [0.25, 0.3) is 0 Å². The maximum atomic E-state index is 11.1. The van der Waals surface area contributed by atoms with E-state index < -0.39 is 0 Å². The molecule has 0 amide bonds. The third kappa shape index (κ3) is 7.82. The molecule has 0 heterocycles. The van der Waals surface area contributed by atoms with Crippen molar-refractivity contribution in [2.45, 2.75) is 52.9 Å². The molecular formula is C11H22O2. The second kappa shape index (κ2) is 8.09. The van der Waals surface area contributed by atoms with Gasteiger partial charge in [0.2, 0.25) is 0 Å². The first-order valence-electron chi connectivity index (χ1n) is 5.36. The topological polar surface area (TPSA) is 26.3 Å². The summed E-state index contributed by atoms with van der Waals surface area (Å²) in [6, 6.07) is 0. The Balaban J connectivity index is 3.30. The number of carbonyl (C=O) groups is 1. The van der Waals surface area contributed by atoms with E-state index in [4.69, 9.17) is 4.74 Å². The van der Waals surface area contributed by atoms with E-state index in [1.54, 1.807) is 0 Å². The van der Waals surface area contributed by atoms with Crippen LogP contribution in [0, 0.1) is 5.92 Å². The van der Waals surface area contributed by atoms with Gasteiger partial charge in [0, 0.05) is 6.42 Å². The Bertz CT molecular complexity index is 132. The van der Waals surface area contributed by atoms with Gasteiger partial charge in [-0.25, -0.2) is 0 Å². The first-order chi connectivity index (χ1) is 6.20. The normalized spacial score (nSPS) is 12.5. The predicted octanol–water partition coefficient (Wildman–Crippen LogP) is 3.16. The van der Waals surface area contributed by atoms with Crippen molar-refractivity contribution >= 4 is 5.97 Å². The third-order valence-electron chi connectivity index (χ3n) is 2.30. The number of rotatable bonds is 7. The van der Waals surface area contributed by atoms with Crippen molar-refractivity contribution in [1.29, 1.82) is 0 Å². The van der Waals surface area contributed by atoms with Crippen molar-refractivity contribution in [2.75, 3.05) is 6.61 Å². The molecule has 0 fully saturated rings. The van der Waals surface area contributed by atoms with Crippen LogP contribution in [0.1, 0.15) is 52.9 Å². The fraction of sp³-hybridized carbons (Fsp3) is 0.909. The van der Waals surface area contributed by atoms with E-state index >= 15 is 0 Å². The molecule has 78 valence electrons. The number of esters is 1. The van der Waals surface area contributed by atoms with Gasteiger partial charge in [0.15, 0.2) is 0 Å². The zero-order valence-corrected chi connectivity index (χ0v) is 9.14. The van der Waals surface area contributed by atoms with Gasteiger partial charge in [-0.2, -0.15) is 0 Å². The smallest absolute Gasteiger partial charge is 0.305 e. The van der Waals surface area contributed by atoms with Crippen molar-refractivity contribution < 1.29 is 9.53 Å². The molecule has 1 unspecified atom stereocenters. The molecule has 0 aromatic rings. The average Bonchev–Trinajstić information content (AvgIpc) is 2.14. The largest absolute Gasteiger partial charge is 0.466 e.